The molecule has 4 nitrogen and oxygen atoms in total. The average Bonchev–Trinajstić information content (AvgIpc) is 2.50. The third kappa shape index (κ3) is 6.48. The van der Waals surface area contributed by atoms with E-state index in [9.17, 15) is 0 Å². The standard InChI is InChI=1S/C16H27NO3/c1-4-14-5-7-15(8-6-14)16(17-2)13-20-12-11-19-10-9-18-3/h5-8,16-17H,4,9-13H2,1-3H3. The average molecular weight is 281 g/mol. The lowest BCUT2D eigenvalue weighted by Gasteiger charge is -2.17. The minimum absolute atomic E-state index is 0.222. The van der Waals surface area contributed by atoms with Gasteiger partial charge in [0.2, 0.25) is 0 Å². The smallest absolute Gasteiger partial charge is 0.0701 e. The van der Waals surface area contributed by atoms with E-state index in [-0.39, 0.29) is 6.04 Å². The van der Waals surface area contributed by atoms with Crippen molar-refractivity contribution in [2.24, 2.45) is 0 Å². The Morgan fingerprint density at radius 3 is 2.25 bits per heavy atom. The Bertz CT molecular complexity index is 340. The Balaban J connectivity index is 2.24. The zero-order chi connectivity index (χ0) is 14.6. The molecule has 1 rings (SSSR count). The van der Waals surface area contributed by atoms with Gasteiger partial charge in [0.05, 0.1) is 39.1 Å². The maximum absolute atomic E-state index is 5.65. The van der Waals surface area contributed by atoms with Crippen LogP contribution in [0.5, 0.6) is 0 Å². The van der Waals surface area contributed by atoms with E-state index < -0.39 is 0 Å². The molecule has 20 heavy (non-hydrogen) atoms. The van der Waals surface area contributed by atoms with Crippen molar-refractivity contribution in [2.75, 3.05) is 47.2 Å². The molecule has 114 valence electrons. The Kier molecular flexibility index (Phi) is 9.24. The van der Waals surface area contributed by atoms with Gasteiger partial charge in [0.25, 0.3) is 0 Å². The van der Waals surface area contributed by atoms with E-state index in [4.69, 9.17) is 14.2 Å². The number of nitrogens with one attached hydrogen (secondary N) is 1. The molecule has 4 heteroatoms. The molecule has 0 bridgehead atoms. The summed E-state index contributed by atoms with van der Waals surface area (Å²) in [6.07, 6.45) is 1.07. The van der Waals surface area contributed by atoms with Crippen molar-refractivity contribution in [3.8, 4) is 0 Å². The summed E-state index contributed by atoms with van der Waals surface area (Å²) in [5, 5.41) is 3.28. The first kappa shape index (κ1) is 17.1. The summed E-state index contributed by atoms with van der Waals surface area (Å²) >= 11 is 0. The van der Waals surface area contributed by atoms with Gasteiger partial charge in [0.1, 0.15) is 0 Å². The molecule has 0 aliphatic heterocycles. The molecule has 0 saturated carbocycles. The molecule has 0 spiro atoms. The Labute approximate surface area is 122 Å². The second kappa shape index (κ2) is 10.8. The molecule has 0 amide bonds. The first-order chi connectivity index (χ1) is 9.81. The van der Waals surface area contributed by atoms with Crippen LogP contribution in [0.1, 0.15) is 24.1 Å². The highest BCUT2D eigenvalue weighted by molar-refractivity contribution is 5.25. The zero-order valence-electron chi connectivity index (χ0n) is 12.9. The van der Waals surface area contributed by atoms with Crippen LogP contribution >= 0.6 is 0 Å². The zero-order valence-corrected chi connectivity index (χ0v) is 12.9. The van der Waals surface area contributed by atoms with Gasteiger partial charge in [-0.15, -0.1) is 0 Å². The molecule has 0 radical (unpaired) electrons. The minimum atomic E-state index is 0.222. The molecule has 0 saturated heterocycles. The summed E-state index contributed by atoms with van der Waals surface area (Å²) in [4.78, 5) is 0. The monoisotopic (exact) mass is 281 g/mol. The highest BCUT2D eigenvalue weighted by Gasteiger charge is 2.08. The van der Waals surface area contributed by atoms with E-state index in [1.165, 1.54) is 11.1 Å². The number of hydrogen-bond acceptors (Lipinski definition) is 4. The Morgan fingerprint density at radius 1 is 1.00 bits per heavy atom. The van der Waals surface area contributed by atoms with Crippen molar-refractivity contribution in [1.82, 2.24) is 5.32 Å². The molecule has 1 atom stereocenters. The van der Waals surface area contributed by atoms with Crippen LogP contribution in [0.3, 0.4) is 0 Å². The number of hydrogen-bond donors (Lipinski definition) is 1. The normalized spacial score (nSPS) is 12.6. The number of likely N-dealkylation sites (N-methyl/N-ethyl adjacent to an activating group) is 1. The molecule has 0 aromatic heterocycles. The molecule has 1 N–H and O–H groups in total. The van der Waals surface area contributed by atoms with Gasteiger partial charge in [-0.25, -0.2) is 0 Å². The van der Waals surface area contributed by atoms with Gasteiger partial charge in [-0.2, -0.15) is 0 Å². The van der Waals surface area contributed by atoms with E-state index in [2.05, 4.69) is 36.5 Å². The summed E-state index contributed by atoms with van der Waals surface area (Å²) in [6, 6.07) is 8.90. The molecular weight excluding hydrogens is 254 g/mol. The fourth-order valence-corrected chi connectivity index (χ4v) is 1.90. The van der Waals surface area contributed by atoms with Crippen molar-refractivity contribution < 1.29 is 14.2 Å². The molecule has 0 heterocycles. The van der Waals surface area contributed by atoms with Gasteiger partial charge in [-0.1, -0.05) is 31.2 Å². The van der Waals surface area contributed by atoms with Crippen LogP contribution in [0.4, 0.5) is 0 Å². The molecular formula is C16H27NO3. The Hall–Kier alpha value is -0.940. The third-order valence-electron chi connectivity index (χ3n) is 3.23. The van der Waals surface area contributed by atoms with Crippen molar-refractivity contribution in [3.05, 3.63) is 35.4 Å². The van der Waals surface area contributed by atoms with E-state index in [0.29, 0.717) is 33.0 Å². The number of aryl methyl sites for hydroxylation is 1. The van der Waals surface area contributed by atoms with E-state index >= 15 is 0 Å². The molecule has 1 aromatic carbocycles. The predicted molar refractivity (Wildman–Crippen MR) is 81.1 cm³/mol. The van der Waals surface area contributed by atoms with Crippen LogP contribution in [0.25, 0.3) is 0 Å². The van der Waals surface area contributed by atoms with Gasteiger partial charge in [-0.3, -0.25) is 0 Å². The molecule has 0 fully saturated rings. The number of rotatable bonds is 11. The summed E-state index contributed by atoms with van der Waals surface area (Å²) in [6.45, 7) is 5.27. The fraction of sp³-hybridized carbons (Fsp3) is 0.625. The van der Waals surface area contributed by atoms with Gasteiger partial charge in [0.15, 0.2) is 0 Å². The van der Waals surface area contributed by atoms with Crippen LogP contribution < -0.4 is 5.32 Å². The van der Waals surface area contributed by atoms with E-state index in [1.807, 2.05) is 7.05 Å². The van der Waals surface area contributed by atoms with Crippen LogP contribution in [0.15, 0.2) is 24.3 Å². The van der Waals surface area contributed by atoms with E-state index in [1.54, 1.807) is 7.11 Å². The summed E-state index contributed by atoms with van der Waals surface area (Å²) in [7, 11) is 3.62. The maximum atomic E-state index is 5.65. The van der Waals surface area contributed by atoms with Crippen LogP contribution in [-0.4, -0.2) is 47.2 Å². The van der Waals surface area contributed by atoms with Crippen molar-refractivity contribution in [3.63, 3.8) is 0 Å². The summed E-state index contributed by atoms with van der Waals surface area (Å²) < 4.78 is 15.9. The molecule has 0 aliphatic carbocycles. The van der Waals surface area contributed by atoms with Crippen LogP contribution in [-0.2, 0) is 20.6 Å². The van der Waals surface area contributed by atoms with Gasteiger partial charge < -0.3 is 19.5 Å². The summed E-state index contributed by atoms with van der Waals surface area (Å²) in [5.41, 5.74) is 2.61. The second-order valence-corrected chi connectivity index (χ2v) is 4.62. The van der Waals surface area contributed by atoms with Crippen LogP contribution in [0, 0.1) is 0 Å². The lowest BCUT2D eigenvalue weighted by molar-refractivity contribution is 0.0197. The third-order valence-corrected chi connectivity index (χ3v) is 3.23. The van der Waals surface area contributed by atoms with Crippen molar-refractivity contribution in [2.45, 2.75) is 19.4 Å². The predicted octanol–water partition coefficient (Wildman–Crippen LogP) is 2.19. The van der Waals surface area contributed by atoms with Crippen molar-refractivity contribution >= 4 is 0 Å². The maximum Gasteiger partial charge on any atom is 0.0701 e. The topological polar surface area (TPSA) is 39.7 Å². The first-order valence-electron chi connectivity index (χ1n) is 7.22. The highest BCUT2D eigenvalue weighted by atomic mass is 16.5. The van der Waals surface area contributed by atoms with Gasteiger partial charge in [0, 0.05) is 7.11 Å². The molecule has 0 aliphatic rings. The lowest BCUT2D eigenvalue weighted by Crippen LogP contribution is -2.23. The lowest BCUT2D eigenvalue weighted by atomic mass is 10.0. The number of methoxy groups -OCH3 is 1. The van der Waals surface area contributed by atoms with Gasteiger partial charge in [-0.05, 0) is 24.6 Å². The largest absolute Gasteiger partial charge is 0.382 e. The second-order valence-electron chi connectivity index (χ2n) is 4.62. The number of benzene rings is 1. The van der Waals surface area contributed by atoms with Gasteiger partial charge >= 0.3 is 0 Å². The van der Waals surface area contributed by atoms with Crippen molar-refractivity contribution in [1.29, 1.82) is 0 Å². The molecule has 1 unspecified atom stereocenters. The Morgan fingerprint density at radius 2 is 1.65 bits per heavy atom. The highest BCUT2D eigenvalue weighted by Crippen LogP contribution is 2.14. The minimum Gasteiger partial charge on any atom is -0.382 e. The van der Waals surface area contributed by atoms with Crippen LogP contribution in [0.2, 0.25) is 0 Å². The SMILES string of the molecule is CCc1ccc(C(COCCOCCOC)NC)cc1. The quantitative estimate of drug-likeness (QED) is 0.631. The summed E-state index contributed by atoms with van der Waals surface area (Å²) in [5.74, 6) is 0. The molecule has 1 aromatic rings. The fourth-order valence-electron chi connectivity index (χ4n) is 1.90. The van der Waals surface area contributed by atoms with E-state index in [0.717, 1.165) is 6.42 Å². The number of ether oxygens (including phenoxy) is 3. The first-order valence-corrected chi connectivity index (χ1v) is 7.22.